The maximum Gasteiger partial charge on any atom is 0.208 e. The smallest absolute Gasteiger partial charge is 0.208 e. The van der Waals surface area contributed by atoms with Crippen LogP contribution in [0.15, 0.2) is 0 Å². The molecule has 5 heteroatoms. The monoisotopic (exact) mass is 192 g/mol. The number of nitrogens with one attached hydrogen (secondary N) is 2. The van der Waals surface area contributed by atoms with Gasteiger partial charge in [0.25, 0.3) is 0 Å². The third kappa shape index (κ3) is 3.08. The van der Waals surface area contributed by atoms with Gasteiger partial charge in [0.05, 0.1) is 6.26 Å². The van der Waals surface area contributed by atoms with Gasteiger partial charge in [-0.1, -0.05) is 6.92 Å². The molecule has 1 aliphatic rings. The summed E-state index contributed by atoms with van der Waals surface area (Å²) in [6.07, 6.45) is 2.09. The molecule has 0 saturated carbocycles. The highest BCUT2D eigenvalue weighted by molar-refractivity contribution is 7.88. The first-order valence-corrected chi connectivity index (χ1v) is 6.06. The van der Waals surface area contributed by atoms with Crippen molar-refractivity contribution in [2.45, 2.75) is 19.4 Å². The van der Waals surface area contributed by atoms with Crippen LogP contribution < -0.4 is 10.0 Å². The standard InChI is InChI=1S/C7H16N2O2S/c1-6-5-8-4-3-7(6)9-12(2,10)11/h6-9H,3-5H2,1-2H3. The lowest BCUT2D eigenvalue weighted by Crippen LogP contribution is -2.47. The summed E-state index contributed by atoms with van der Waals surface area (Å²) in [6, 6.07) is 0.112. The molecule has 1 aliphatic heterocycles. The van der Waals surface area contributed by atoms with Gasteiger partial charge < -0.3 is 5.32 Å². The van der Waals surface area contributed by atoms with E-state index in [1.54, 1.807) is 0 Å². The molecule has 1 heterocycles. The van der Waals surface area contributed by atoms with E-state index in [1.807, 2.05) is 0 Å². The number of hydrogen-bond donors (Lipinski definition) is 2. The first-order chi connectivity index (χ1) is 5.49. The van der Waals surface area contributed by atoms with Gasteiger partial charge in [-0.25, -0.2) is 13.1 Å². The molecular formula is C7H16N2O2S. The highest BCUT2D eigenvalue weighted by Gasteiger charge is 2.23. The summed E-state index contributed by atoms with van der Waals surface area (Å²) in [5.41, 5.74) is 0. The van der Waals surface area contributed by atoms with Crippen molar-refractivity contribution in [3.63, 3.8) is 0 Å². The Balaban J connectivity index is 2.50. The van der Waals surface area contributed by atoms with Crippen LogP contribution >= 0.6 is 0 Å². The second-order valence-electron chi connectivity index (χ2n) is 3.47. The molecule has 2 unspecified atom stereocenters. The van der Waals surface area contributed by atoms with E-state index in [-0.39, 0.29) is 6.04 Å². The van der Waals surface area contributed by atoms with Crippen molar-refractivity contribution >= 4 is 10.0 Å². The molecular weight excluding hydrogens is 176 g/mol. The maximum absolute atomic E-state index is 10.9. The van der Waals surface area contributed by atoms with Crippen LogP contribution in [0.4, 0.5) is 0 Å². The Bertz CT molecular complexity index is 238. The molecule has 0 aromatic rings. The molecule has 0 aromatic heterocycles. The van der Waals surface area contributed by atoms with Crippen molar-refractivity contribution in [1.29, 1.82) is 0 Å². The van der Waals surface area contributed by atoms with Crippen LogP contribution in [-0.2, 0) is 10.0 Å². The minimum absolute atomic E-state index is 0.112. The average Bonchev–Trinajstić information content (AvgIpc) is 1.91. The van der Waals surface area contributed by atoms with E-state index in [2.05, 4.69) is 17.0 Å². The molecule has 1 fully saturated rings. The van der Waals surface area contributed by atoms with Gasteiger partial charge in [-0.15, -0.1) is 0 Å². The van der Waals surface area contributed by atoms with Crippen molar-refractivity contribution in [3.05, 3.63) is 0 Å². The van der Waals surface area contributed by atoms with E-state index in [0.29, 0.717) is 5.92 Å². The Morgan fingerprint density at radius 1 is 1.50 bits per heavy atom. The molecule has 2 atom stereocenters. The first kappa shape index (κ1) is 9.95. The minimum Gasteiger partial charge on any atom is -0.316 e. The van der Waals surface area contributed by atoms with Crippen LogP contribution in [0, 0.1) is 5.92 Å². The van der Waals surface area contributed by atoms with Crippen molar-refractivity contribution in [2.75, 3.05) is 19.3 Å². The zero-order valence-corrected chi connectivity index (χ0v) is 8.32. The highest BCUT2D eigenvalue weighted by Crippen LogP contribution is 2.10. The Morgan fingerprint density at radius 2 is 2.17 bits per heavy atom. The predicted octanol–water partition coefficient (Wildman–Crippen LogP) is -0.466. The molecule has 12 heavy (non-hydrogen) atoms. The summed E-state index contributed by atoms with van der Waals surface area (Å²) in [4.78, 5) is 0. The molecule has 2 N–H and O–H groups in total. The number of hydrogen-bond acceptors (Lipinski definition) is 3. The second-order valence-corrected chi connectivity index (χ2v) is 5.25. The summed E-state index contributed by atoms with van der Waals surface area (Å²) in [7, 11) is -3.03. The van der Waals surface area contributed by atoms with E-state index in [4.69, 9.17) is 0 Å². The third-order valence-corrected chi connectivity index (χ3v) is 2.88. The van der Waals surface area contributed by atoms with Crippen LogP contribution in [0.1, 0.15) is 13.3 Å². The van der Waals surface area contributed by atoms with Crippen LogP contribution in [0.2, 0.25) is 0 Å². The fourth-order valence-electron chi connectivity index (χ4n) is 1.46. The summed E-state index contributed by atoms with van der Waals surface area (Å²) < 4.78 is 24.5. The summed E-state index contributed by atoms with van der Waals surface area (Å²) >= 11 is 0. The predicted molar refractivity (Wildman–Crippen MR) is 48.4 cm³/mol. The lowest BCUT2D eigenvalue weighted by atomic mass is 9.97. The van der Waals surface area contributed by atoms with Gasteiger partial charge in [0.15, 0.2) is 0 Å². The zero-order chi connectivity index (χ0) is 9.19. The average molecular weight is 192 g/mol. The molecule has 4 nitrogen and oxygen atoms in total. The number of piperidine rings is 1. The lowest BCUT2D eigenvalue weighted by Gasteiger charge is -2.29. The van der Waals surface area contributed by atoms with Crippen molar-refractivity contribution < 1.29 is 8.42 Å². The van der Waals surface area contributed by atoms with Gasteiger partial charge in [0, 0.05) is 6.04 Å². The van der Waals surface area contributed by atoms with E-state index in [1.165, 1.54) is 6.26 Å². The van der Waals surface area contributed by atoms with E-state index in [9.17, 15) is 8.42 Å². The van der Waals surface area contributed by atoms with Crippen LogP contribution in [0.5, 0.6) is 0 Å². The van der Waals surface area contributed by atoms with Crippen LogP contribution in [0.25, 0.3) is 0 Å². The molecule has 0 radical (unpaired) electrons. The van der Waals surface area contributed by atoms with Gasteiger partial charge in [-0.05, 0) is 25.4 Å². The van der Waals surface area contributed by atoms with E-state index >= 15 is 0 Å². The fraction of sp³-hybridized carbons (Fsp3) is 1.00. The molecule has 72 valence electrons. The summed E-state index contributed by atoms with van der Waals surface area (Å²) in [6.45, 7) is 3.85. The van der Waals surface area contributed by atoms with Gasteiger partial charge in [0.1, 0.15) is 0 Å². The molecule has 0 spiro atoms. The van der Waals surface area contributed by atoms with E-state index < -0.39 is 10.0 Å². The Hall–Kier alpha value is -0.130. The second kappa shape index (κ2) is 3.72. The van der Waals surface area contributed by atoms with Crippen molar-refractivity contribution in [2.24, 2.45) is 5.92 Å². The van der Waals surface area contributed by atoms with Crippen LogP contribution in [-0.4, -0.2) is 33.8 Å². The normalized spacial score (nSPS) is 31.8. The third-order valence-electron chi connectivity index (χ3n) is 2.15. The van der Waals surface area contributed by atoms with Gasteiger partial charge in [-0.2, -0.15) is 0 Å². The molecule has 0 bridgehead atoms. The summed E-state index contributed by atoms with van der Waals surface area (Å²) in [5, 5.41) is 3.22. The number of rotatable bonds is 2. The molecule has 1 rings (SSSR count). The quantitative estimate of drug-likeness (QED) is 0.622. The van der Waals surface area contributed by atoms with Crippen molar-refractivity contribution in [1.82, 2.24) is 10.0 Å². The molecule has 0 aliphatic carbocycles. The molecule has 1 saturated heterocycles. The largest absolute Gasteiger partial charge is 0.316 e. The zero-order valence-electron chi connectivity index (χ0n) is 7.50. The van der Waals surface area contributed by atoms with Gasteiger partial charge in [0.2, 0.25) is 10.0 Å². The number of sulfonamides is 1. The first-order valence-electron chi connectivity index (χ1n) is 4.17. The Morgan fingerprint density at radius 3 is 2.67 bits per heavy atom. The molecule has 0 aromatic carbocycles. The topological polar surface area (TPSA) is 58.2 Å². The SMILES string of the molecule is CC1CNCCC1NS(C)(=O)=O. The molecule has 0 amide bonds. The Labute approximate surface area is 73.8 Å². The fourth-order valence-corrected chi connectivity index (χ4v) is 2.36. The Kier molecular flexibility index (Phi) is 3.09. The highest BCUT2D eigenvalue weighted by atomic mass is 32.2. The maximum atomic E-state index is 10.9. The minimum atomic E-state index is -3.03. The van der Waals surface area contributed by atoms with Gasteiger partial charge in [-0.3, -0.25) is 0 Å². The lowest BCUT2D eigenvalue weighted by molar-refractivity contribution is 0.328. The van der Waals surface area contributed by atoms with Crippen molar-refractivity contribution in [3.8, 4) is 0 Å². The van der Waals surface area contributed by atoms with Gasteiger partial charge >= 0.3 is 0 Å². The summed E-state index contributed by atoms with van der Waals surface area (Å²) in [5.74, 6) is 0.383. The van der Waals surface area contributed by atoms with E-state index in [0.717, 1.165) is 19.5 Å². The van der Waals surface area contributed by atoms with Crippen LogP contribution in [0.3, 0.4) is 0 Å².